The van der Waals surface area contributed by atoms with Crippen molar-refractivity contribution in [1.29, 1.82) is 0 Å². The van der Waals surface area contributed by atoms with Crippen molar-refractivity contribution in [3.8, 4) is 11.1 Å². The van der Waals surface area contributed by atoms with Gasteiger partial charge in [-0.1, -0.05) is 52.3 Å². The number of carbonyl (C=O) groups is 1. The molecule has 3 heterocycles. The highest BCUT2D eigenvalue weighted by atomic mass is 79.9. The van der Waals surface area contributed by atoms with Crippen molar-refractivity contribution in [3.63, 3.8) is 0 Å². The van der Waals surface area contributed by atoms with Crippen LogP contribution in [0.1, 0.15) is 10.5 Å². The van der Waals surface area contributed by atoms with E-state index in [1.54, 1.807) is 6.20 Å². The Morgan fingerprint density at radius 2 is 1.73 bits per heavy atom. The quantitative estimate of drug-likeness (QED) is 0.439. The van der Waals surface area contributed by atoms with E-state index in [0.29, 0.717) is 48.8 Å². The molecule has 4 aromatic rings. The van der Waals surface area contributed by atoms with Crippen molar-refractivity contribution in [2.24, 2.45) is 5.73 Å². The summed E-state index contributed by atoms with van der Waals surface area (Å²) in [5.74, 6) is -0.150. The van der Waals surface area contributed by atoms with Crippen LogP contribution in [0.15, 0.2) is 71.3 Å². The van der Waals surface area contributed by atoms with Crippen molar-refractivity contribution in [3.05, 3.63) is 77.0 Å². The molecule has 5 rings (SSSR count). The number of halogens is 1. The number of hydrogen-bond donors (Lipinski definition) is 1. The molecule has 0 radical (unpaired) electrons. The summed E-state index contributed by atoms with van der Waals surface area (Å²) in [5, 5.41) is 4.82. The summed E-state index contributed by atoms with van der Waals surface area (Å²) in [6.07, 6.45) is 1.73. The number of anilines is 2. The Kier molecular flexibility index (Phi) is 5.99. The van der Waals surface area contributed by atoms with Crippen molar-refractivity contribution >= 4 is 44.5 Å². The van der Waals surface area contributed by atoms with Gasteiger partial charge in [0.25, 0.3) is 5.91 Å². The van der Waals surface area contributed by atoms with Crippen LogP contribution in [0.3, 0.4) is 0 Å². The lowest BCUT2D eigenvalue weighted by Gasteiger charge is -2.37. The third kappa shape index (κ3) is 4.30. The van der Waals surface area contributed by atoms with Gasteiger partial charge < -0.3 is 10.5 Å². The van der Waals surface area contributed by atoms with E-state index < -0.39 is 5.91 Å². The lowest BCUT2D eigenvalue weighted by molar-refractivity contribution is 0.0372. The van der Waals surface area contributed by atoms with E-state index in [4.69, 9.17) is 15.5 Å². The van der Waals surface area contributed by atoms with Crippen LogP contribution in [0.5, 0.6) is 0 Å². The van der Waals surface area contributed by atoms with Gasteiger partial charge in [-0.3, -0.25) is 4.79 Å². The molecular formula is C24H21BrN6O2. The van der Waals surface area contributed by atoms with Gasteiger partial charge in [0, 0.05) is 34.7 Å². The first-order chi connectivity index (χ1) is 16.1. The van der Waals surface area contributed by atoms with Crippen molar-refractivity contribution in [2.75, 3.05) is 31.3 Å². The lowest BCUT2D eigenvalue weighted by atomic mass is 10.0. The van der Waals surface area contributed by atoms with E-state index in [1.807, 2.05) is 65.7 Å². The Balaban J connectivity index is 1.64. The fourth-order valence-corrected chi connectivity index (χ4v) is 4.36. The van der Waals surface area contributed by atoms with Crippen LogP contribution in [0.4, 0.5) is 11.6 Å². The summed E-state index contributed by atoms with van der Waals surface area (Å²) < 4.78 is 6.36. The summed E-state index contributed by atoms with van der Waals surface area (Å²) in [6, 6.07) is 19.4. The van der Waals surface area contributed by atoms with E-state index in [9.17, 15) is 4.79 Å². The minimum absolute atomic E-state index is 0.164. The number of morpholine rings is 1. The van der Waals surface area contributed by atoms with Gasteiger partial charge >= 0.3 is 0 Å². The van der Waals surface area contributed by atoms with E-state index >= 15 is 0 Å². The van der Waals surface area contributed by atoms with Crippen LogP contribution < -0.4 is 10.7 Å². The molecule has 8 nitrogen and oxygen atoms in total. The summed E-state index contributed by atoms with van der Waals surface area (Å²) in [6.45, 7) is 2.65. The Morgan fingerprint density at radius 1 is 1.00 bits per heavy atom. The van der Waals surface area contributed by atoms with Gasteiger partial charge in [0.1, 0.15) is 5.69 Å². The molecule has 0 spiro atoms. The Hall–Kier alpha value is -3.40. The number of nitrogens with two attached hydrogens (primary N) is 1. The van der Waals surface area contributed by atoms with E-state index in [-0.39, 0.29) is 5.69 Å². The molecule has 0 unspecified atom stereocenters. The molecule has 1 aliphatic heterocycles. The number of carbonyl (C=O) groups excluding carboxylic acids is 1. The number of para-hydroxylation sites is 1. The SMILES string of the molecule is NC(=O)c1nc2nc(N(c3ccccc3)N3CCOCC3)ncc2cc1-c1ccccc1Br. The maximum absolute atomic E-state index is 12.3. The number of primary amides is 1. The predicted molar refractivity (Wildman–Crippen MR) is 130 cm³/mol. The number of amides is 1. The summed E-state index contributed by atoms with van der Waals surface area (Å²) in [4.78, 5) is 26.2. The molecule has 1 saturated heterocycles. The number of fused-ring (bicyclic) bond motifs is 1. The third-order valence-corrected chi connectivity index (χ3v) is 6.11. The van der Waals surface area contributed by atoms with Gasteiger partial charge in [0.2, 0.25) is 5.95 Å². The summed E-state index contributed by atoms with van der Waals surface area (Å²) in [5.41, 5.74) is 8.66. The largest absolute Gasteiger partial charge is 0.379 e. The molecule has 1 fully saturated rings. The second-order valence-electron chi connectivity index (χ2n) is 7.52. The maximum atomic E-state index is 12.3. The van der Waals surface area contributed by atoms with Crippen molar-refractivity contribution < 1.29 is 9.53 Å². The van der Waals surface area contributed by atoms with Crippen LogP contribution in [0.25, 0.3) is 22.2 Å². The molecule has 2 N–H and O–H groups in total. The van der Waals surface area contributed by atoms with E-state index in [0.717, 1.165) is 15.7 Å². The Bertz CT molecular complexity index is 1310. The van der Waals surface area contributed by atoms with Crippen LogP contribution in [-0.4, -0.2) is 52.2 Å². The first-order valence-corrected chi connectivity index (χ1v) is 11.3. The minimum atomic E-state index is -0.615. The van der Waals surface area contributed by atoms with Crippen LogP contribution >= 0.6 is 15.9 Å². The normalized spacial score (nSPS) is 14.3. The highest BCUT2D eigenvalue weighted by Gasteiger charge is 2.24. The molecule has 0 saturated carbocycles. The Labute approximate surface area is 199 Å². The molecular weight excluding hydrogens is 484 g/mol. The fraction of sp³-hybridized carbons (Fsp3) is 0.167. The molecule has 2 aromatic carbocycles. The number of hydrazine groups is 1. The number of benzene rings is 2. The average Bonchev–Trinajstić information content (AvgIpc) is 2.85. The molecule has 1 aliphatic rings. The zero-order valence-corrected chi connectivity index (χ0v) is 19.3. The smallest absolute Gasteiger partial charge is 0.268 e. The second kappa shape index (κ2) is 9.22. The summed E-state index contributed by atoms with van der Waals surface area (Å²) in [7, 11) is 0. The number of aromatic nitrogens is 3. The molecule has 2 aromatic heterocycles. The number of ether oxygens (including phenoxy) is 1. The Morgan fingerprint density at radius 3 is 2.45 bits per heavy atom. The van der Waals surface area contributed by atoms with Crippen LogP contribution in [-0.2, 0) is 4.74 Å². The first kappa shape index (κ1) is 21.4. The predicted octanol–water partition coefficient (Wildman–Crippen LogP) is 3.94. The molecule has 1 amide bonds. The molecule has 0 bridgehead atoms. The third-order valence-electron chi connectivity index (χ3n) is 5.41. The molecule has 0 atom stereocenters. The molecule has 166 valence electrons. The zero-order chi connectivity index (χ0) is 22.8. The highest BCUT2D eigenvalue weighted by Crippen LogP contribution is 2.33. The van der Waals surface area contributed by atoms with Gasteiger partial charge in [0.15, 0.2) is 5.65 Å². The van der Waals surface area contributed by atoms with Crippen molar-refractivity contribution in [1.82, 2.24) is 20.0 Å². The van der Waals surface area contributed by atoms with Gasteiger partial charge in [-0.15, -0.1) is 0 Å². The number of rotatable bonds is 5. The van der Waals surface area contributed by atoms with Gasteiger partial charge in [-0.25, -0.2) is 20.0 Å². The molecule has 0 aliphatic carbocycles. The standard InChI is InChI=1S/C24H21BrN6O2/c25-20-9-5-4-8-18(20)19-14-16-15-27-24(29-23(16)28-21(19)22(26)32)31(17-6-2-1-3-7-17)30-10-12-33-13-11-30/h1-9,14-15H,10-13H2,(H2,26,32). The number of pyridine rings is 1. The highest BCUT2D eigenvalue weighted by molar-refractivity contribution is 9.10. The second-order valence-corrected chi connectivity index (χ2v) is 8.38. The lowest BCUT2D eigenvalue weighted by Crippen LogP contribution is -2.47. The van der Waals surface area contributed by atoms with Crippen LogP contribution in [0.2, 0.25) is 0 Å². The van der Waals surface area contributed by atoms with Gasteiger partial charge in [-0.05, 0) is 29.8 Å². The number of nitrogens with zero attached hydrogens (tertiary/aromatic N) is 5. The fourth-order valence-electron chi connectivity index (χ4n) is 3.86. The topological polar surface area (TPSA) is 97.5 Å². The minimum Gasteiger partial charge on any atom is -0.379 e. The van der Waals surface area contributed by atoms with Gasteiger partial charge in [0.05, 0.1) is 18.9 Å². The first-order valence-electron chi connectivity index (χ1n) is 10.5. The maximum Gasteiger partial charge on any atom is 0.268 e. The monoisotopic (exact) mass is 504 g/mol. The van der Waals surface area contributed by atoms with Crippen LogP contribution in [0, 0.1) is 0 Å². The number of hydrogen-bond acceptors (Lipinski definition) is 7. The van der Waals surface area contributed by atoms with E-state index in [1.165, 1.54) is 0 Å². The molecule has 33 heavy (non-hydrogen) atoms. The average molecular weight is 505 g/mol. The van der Waals surface area contributed by atoms with Gasteiger partial charge in [-0.2, -0.15) is 4.98 Å². The summed E-state index contributed by atoms with van der Waals surface area (Å²) >= 11 is 3.55. The molecule has 9 heteroatoms. The zero-order valence-electron chi connectivity index (χ0n) is 17.7. The van der Waals surface area contributed by atoms with E-state index in [2.05, 4.69) is 30.9 Å². The van der Waals surface area contributed by atoms with Crippen molar-refractivity contribution in [2.45, 2.75) is 0 Å².